The van der Waals surface area contributed by atoms with Gasteiger partial charge in [-0.1, -0.05) is 23.2 Å². The largest absolute Gasteiger partial charge is 0.490 e. The maximum absolute atomic E-state index is 13.1. The van der Waals surface area contributed by atoms with E-state index in [1.165, 1.54) is 29.0 Å². The van der Waals surface area contributed by atoms with Gasteiger partial charge in [-0.25, -0.2) is 8.42 Å². The van der Waals surface area contributed by atoms with Crippen LogP contribution in [0.2, 0.25) is 10.0 Å². The molecule has 0 fully saturated rings. The molecule has 3 aromatic rings. The Labute approximate surface area is 195 Å². The SMILES string of the molecule is Cn1cc(/C=C(\C#N)S(=O)(=O)c2cc(Cl)ccc2Cl)c(-c2ccc3c(c2)OCCCO3)n1. The molecule has 0 N–H and O–H groups in total. The Morgan fingerprint density at radius 1 is 1.16 bits per heavy atom. The van der Waals surface area contributed by atoms with E-state index < -0.39 is 14.7 Å². The Hall–Kier alpha value is -2.99. The van der Waals surface area contributed by atoms with Gasteiger partial charge in [-0.3, -0.25) is 4.68 Å². The number of fused-ring (bicyclic) bond motifs is 1. The van der Waals surface area contributed by atoms with Crippen LogP contribution in [0, 0.1) is 11.3 Å². The van der Waals surface area contributed by atoms with Crippen LogP contribution < -0.4 is 9.47 Å². The summed E-state index contributed by atoms with van der Waals surface area (Å²) < 4.78 is 39.2. The molecule has 0 amide bonds. The van der Waals surface area contributed by atoms with Gasteiger partial charge in [-0.05, 0) is 42.5 Å². The van der Waals surface area contributed by atoms with Gasteiger partial charge in [0, 0.05) is 35.8 Å². The van der Waals surface area contributed by atoms with Crippen molar-refractivity contribution in [1.29, 1.82) is 5.26 Å². The summed E-state index contributed by atoms with van der Waals surface area (Å²) in [6.45, 7) is 1.10. The molecule has 0 unspecified atom stereocenters. The van der Waals surface area contributed by atoms with Crippen LogP contribution in [0.5, 0.6) is 11.5 Å². The average molecular weight is 490 g/mol. The fourth-order valence-electron chi connectivity index (χ4n) is 3.26. The summed E-state index contributed by atoms with van der Waals surface area (Å²) in [5, 5.41) is 14.3. The van der Waals surface area contributed by atoms with Gasteiger partial charge in [0.1, 0.15) is 11.0 Å². The van der Waals surface area contributed by atoms with E-state index in [0.717, 1.165) is 6.42 Å². The van der Waals surface area contributed by atoms with Crippen LogP contribution >= 0.6 is 23.2 Å². The summed E-state index contributed by atoms with van der Waals surface area (Å²) in [4.78, 5) is -0.717. The third kappa shape index (κ3) is 4.32. The maximum Gasteiger partial charge on any atom is 0.218 e. The fourth-order valence-corrected chi connectivity index (χ4v) is 5.17. The molecule has 0 spiro atoms. The lowest BCUT2D eigenvalue weighted by Gasteiger charge is -2.09. The van der Waals surface area contributed by atoms with Gasteiger partial charge in [0.15, 0.2) is 11.5 Å². The molecular weight excluding hydrogens is 473 g/mol. The van der Waals surface area contributed by atoms with Crippen molar-refractivity contribution in [3.63, 3.8) is 0 Å². The molecule has 0 bridgehead atoms. The number of halogens is 2. The first kappa shape index (κ1) is 22.2. The molecule has 4 rings (SSSR count). The predicted octanol–water partition coefficient (Wildman–Crippen LogP) is 4.89. The third-order valence-electron chi connectivity index (χ3n) is 4.75. The highest BCUT2D eigenvalue weighted by atomic mass is 35.5. The van der Waals surface area contributed by atoms with E-state index in [0.29, 0.717) is 41.5 Å². The summed E-state index contributed by atoms with van der Waals surface area (Å²) in [6.07, 6.45) is 3.68. The number of aryl methyl sites for hydroxylation is 1. The molecule has 0 saturated heterocycles. The molecule has 0 atom stereocenters. The highest BCUT2D eigenvalue weighted by Crippen LogP contribution is 2.36. The molecule has 0 aliphatic carbocycles. The van der Waals surface area contributed by atoms with E-state index >= 15 is 0 Å². The van der Waals surface area contributed by atoms with E-state index in [-0.39, 0.29) is 14.9 Å². The van der Waals surface area contributed by atoms with Crippen molar-refractivity contribution in [3.8, 4) is 28.8 Å². The van der Waals surface area contributed by atoms with Gasteiger partial charge in [-0.15, -0.1) is 0 Å². The second-order valence-electron chi connectivity index (χ2n) is 7.02. The van der Waals surface area contributed by atoms with Crippen LogP contribution in [0.15, 0.2) is 52.4 Å². The van der Waals surface area contributed by atoms with Gasteiger partial charge >= 0.3 is 0 Å². The molecule has 32 heavy (non-hydrogen) atoms. The Kier molecular flexibility index (Phi) is 6.15. The maximum atomic E-state index is 13.1. The van der Waals surface area contributed by atoms with Gasteiger partial charge in [-0.2, -0.15) is 10.4 Å². The number of aromatic nitrogens is 2. The van der Waals surface area contributed by atoms with Crippen LogP contribution in [-0.4, -0.2) is 31.4 Å². The van der Waals surface area contributed by atoms with Crippen molar-refractivity contribution in [2.24, 2.45) is 7.05 Å². The van der Waals surface area contributed by atoms with Crippen molar-refractivity contribution >= 4 is 39.1 Å². The number of sulfone groups is 1. The molecular formula is C22H17Cl2N3O4S. The Morgan fingerprint density at radius 3 is 2.66 bits per heavy atom. The minimum Gasteiger partial charge on any atom is -0.490 e. The monoisotopic (exact) mass is 489 g/mol. The quantitative estimate of drug-likeness (QED) is 0.484. The number of rotatable bonds is 4. The second kappa shape index (κ2) is 8.87. The molecule has 1 aromatic heterocycles. The zero-order chi connectivity index (χ0) is 22.9. The normalized spacial score (nSPS) is 14.0. The van der Waals surface area contributed by atoms with Crippen molar-refractivity contribution in [3.05, 3.63) is 63.1 Å². The first-order valence-corrected chi connectivity index (χ1v) is 11.8. The number of benzene rings is 2. The highest BCUT2D eigenvalue weighted by molar-refractivity contribution is 7.95. The first-order chi connectivity index (χ1) is 15.3. The number of allylic oxidation sites excluding steroid dienone is 1. The van der Waals surface area contributed by atoms with Crippen molar-refractivity contribution in [1.82, 2.24) is 9.78 Å². The van der Waals surface area contributed by atoms with Gasteiger partial charge in [0.05, 0.1) is 28.8 Å². The lowest BCUT2D eigenvalue weighted by Crippen LogP contribution is -2.04. The van der Waals surface area contributed by atoms with E-state index in [2.05, 4.69) is 5.10 Å². The lowest BCUT2D eigenvalue weighted by atomic mass is 10.1. The topological polar surface area (TPSA) is 94.2 Å². The van der Waals surface area contributed by atoms with Crippen molar-refractivity contribution in [2.75, 3.05) is 13.2 Å². The standard InChI is InChI=1S/C22H17Cl2N3O4S/c1-27-13-15(9-17(12-25)32(28,29)21-11-16(23)4-5-18(21)24)22(26-27)14-3-6-19-20(10-14)31-8-2-7-30-19/h3-6,9-11,13H,2,7-8H2,1H3/b17-9+. The Balaban J connectivity index is 1.81. The fraction of sp³-hybridized carbons (Fsp3) is 0.182. The number of nitriles is 1. The predicted molar refractivity (Wildman–Crippen MR) is 121 cm³/mol. The number of hydrogen-bond acceptors (Lipinski definition) is 6. The molecule has 0 saturated carbocycles. The summed E-state index contributed by atoms with van der Waals surface area (Å²) in [5.41, 5.74) is 1.63. The third-order valence-corrected chi connectivity index (χ3v) is 7.13. The molecule has 0 radical (unpaired) electrons. The molecule has 10 heteroatoms. The summed E-state index contributed by atoms with van der Waals surface area (Å²) in [6, 6.07) is 11.2. The van der Waals surface area contributed by atoms with Crippen LogP contribution in [0.25, 0.3) is 17.3 Å². The molecule has 2 heterocycles. The zero-order valence-electron chi connectivity index (χ0n) is 16.9. The molecule has 164 valence electrons. The van der Waals surface area contributed by atoms with Crippen LogP contribution in [0.4, 0.5) is 0 Å². The van der Waals surface area contributed by atoms with Crippen LogP contribution in [0.3, 0.4) is 0 Å². The molecule has 7 nitrogen and oxygen atoms in total. The van der Waals surface area contributed by atoms with E-state index in [4.69, 9.17) is 32.7 Å². The number of hydrogen-bond donors (Lipinski definition) is 0. The Morgan fingerprint density at radius 2 is 1.91 bits per heavy atom. The van der Waals surface area contributed by atoms with Crippen molar-refractivity contribution in [2.45, 2.75) is 11.3 Å². The van der Waals surface area contributed by atoms with E-state index in [9.17, 15) is 13.7 Å². The smallest absolute Gasteiger partial charge is 0.218 e. The molecule has 1 aliphatic rings. The minimum absolute atomic E-state index is 0.0233. The summed E-state index contributed by atoms with van der Waals surface area (Å²) >= 11 is 12.0. The summed E-state index contributed by atoms with van der Waals surface area (Å²) in [7, 11) is -2.50. The van der Waals surface area contributed by atoms with Gasteiger partial charge in [0.2, 0.25) is 9.84 Å². The molecule has 2 aromatic carbocycles. The summed E-state index contributed by atoms with van der Waals surface area (Å²) in [5.74, 6) is 1.22. The first-order valence-electron chi connectivity index (χ1n) is 9.55. The average Bonchev–Trinajstić information content (AvgIpc) is 2.97. The van der Waals surface area contributed by atoms with E-state index in [1.807, 2.05) is 6.07 Å². The number of ether oxygens (including phenoxy) is 2. The lowest BCUT2D eigenvalue weighted by molar-refractivity contribution is 0.297. The van der Waals surface area contributed by atoms with Crippen LogP contribution in [-0.2, 0) is 16.9 Å². The van der Waals surface area contributed by atoms with Crippen molar-refractivity contribution < 1.29 is 17.9 Å². The van der Waals surface area contributed by atoms with Gasteiger partial charge < -0.3 is 9.47 Å². The van der Waals surface area contributed by atoms with Gasteiger partial charge in [0.25, 0.3) is 0 Å². The number of nitrogens with zero attached hydrogens (tertiary/aromatic N) is 3. The van der Waals surface area contributed by atoms with E-state index in [1.54, 1.807) is 31.4 Å². The highest BCUT2D eigenvalue weighted by Gasteiger charge is 2.25. The second-order valence-corrected chi connectivity index (χ2v) is 9.75. The zero-order valence-corrected chi connectivity index (χ0v) is 19.2. The minimum atomic E-state index is -4.21. The van der Waals surface area contributed by atoms with Crippen LogP contribution in [0.1, 0.15) is 12.0 Å². The Bertz CT molecular complexity index is 1370. The molecule has 1 aliphatic heterocycles.